The van der Waals surface area contributed by atoms with E-state index in [-0.39, 0.29) is 17.4 Å². The van der Waals surface area contributed by atoms with Crippen LogP contribution in [-0.4, -0.2) is 17.1 Å². The van der Waals surface area contributed by atoms with Crippen molar-refractivity contribution in [2.24, 2.45) is 5.41 Å². The van der Waals surface area contributed by atoms with Crippen LogP contribution in [0.5, 0.6) is 0 Å². The average Bonchev–Trinajstić information content (AvgIpc) is 2.39. The lowest BCUT2D eigenvalue weighted by Gasteiger charge is -2.25. The zero-order chi connectivity index (χ0) is 14.5. The van der Waals surface area contributed by atoms with Crippen molar-refractivity contribution in [2.75, 3.05) is 0 Å². The summed E-state index contributed by atoms with van der Waals surface area (Å²) in [7, 11) is 0. The number of hydrogen-bond acceptors (Lipinski definition) is 2. The average molecular weight is 263 g/mol. The lowest BCUT2D eigenvalue weighted by molar-refractivity contribution is -0.130. The molecule has 0 spiro atoms. The highest BCUT2D eigenvalue weighted by Gasteiger charge is 2.26. The maximum Gasteiger partial charge on any atom is 0.225 e. The standard InChI is InChI=1S/C16H25NO2/c1-5-16(3,4)15(19)17-12(2)11-14(18)13-9-7-6-8-10-13/h6-10,12,14,18H,5,11H2,1-4H3,(H,17,19). The summed E-state index contributed by atoms with van der Waals surface area (Å²) >= 11 is 0. The van der Waals surface area contributed by atoms with Crippen molar-refractivity contribution in [1.29, 1.82) is 0 Å². The van der Waals surface area contributed by atoms with Gasteiger partial charge in [-0.1, -0.05) is 51.1 Å². The normalized spacial score (nSPS) is 14.8. The monoisotopic (exact) mass is 263 g/mol. The van der Waals surface area contributed by atoms with Gasteiger partial charge in [-0.05, 0) is 25.3 Å². The van der Waals surface area contributed by atoms with E-state index in [1.807, 2.05) is 58.0 Å². The molecular weight excluding hydrogens is 238 g/mol. The Balaban J connectivity index is 2.52. The zero-order valence-corrected chi connectivity index (χ0v) is 12.3. The second-order valence-electron chi connectivity index (χ2n) is 5.77. The topological polar surface area (TPSA) is 49.3 Å². The Bertz CT molecular complexity index is 400. The Labute approximate surface area is 116 Å². The molecule has 2 unspecified atom stereocenters. The fraction of sp³-hybridized carbons (Fsp3) is 0.562. The van der Waals surface area contributed by atoms with Crippen LogP contribution in [0.4, 0.5) is 0 Å². The predicted octanol–water partition coefficient (Wildman–Crippen LogP) is 3.05. The molecule has 0 fully saturated rings. The van der Waals surface area contributed by atoms with Gasteiger partial charge in [0.15, 0.2) is 0 Å². The quantitative estimate of drug-likeness (QED) is 0.828. The van der Waals surface area contributed by atoms with Gasteiger partial charge >= 0.3 is 0 Å². The molecule has 3 nitrogen and oxygen atoms in total. The Hall–Kier alpha value is -1.35. The molecule has 2 N–H and O–H groups in total. The van der Waals surface area contributed by atoms with Crippen LogP contribution in [0, 0.1) is 5.41 Å². The van der Waals surface area contributed by atoms with E-state index in [0.717, 1.165) is 12.0 Å². The number of hydrogen-bond donors (Lipinski definition) is 2. The molecule has 0 aliphatic heterocycles. The highest BCUT2D eigenvalue weighted by Crippen LogP contribution is 2.22. The third kappa shape index (κ3) is 4.67. The third-order valence-electron chi connectivity index (χ3n) is 3.64. The molecule has 19 heavy (non-hydrogen) atoms. The van der Waals surface area contributed by atoms with Crippen LogP contribution in [0.15, 0.2) is 30.3 Å². The van der Waals surface area contributed by atoms with Crippen molar-refractivity contribution in [3.05, 3.63) is 35.9 Å². The number of rotatable bonds is 6. The van der Waals surface area contributed by atoms with Crippen molar-refractivity contribution in [2.45, 2.75) is 52.7 Å². The minimum atomic E-state index is -0.541. The maximum absolute atomic E-state index is 12.0. The maximum atomic E-state index is 12.0. The van der Waals surface area contributed by atoms with E-state index in [9.17, 15) is 9.90 Å². The Morgan fingerprint density at radius 3 is 2.42 bits per heavy atom. The summed E-state index contributed by atoms with van der Waals surface area (Å²) in [6.07, 6.45) is 0.781. The fourth-order valence-electron chi connectivity index (χ4n) is 1.78. The molecule has 0 saturated carbocycles. The van der Waals surface area contributed by atoms with Gasteiger partial charge < -0.3 is 10.4 Å². The Morgan fingerprint density at radius 1 is 1.32 bits per heavy atom. The molecule has 0 saturated heterocycles. The number of benzene rings is 1. The van der Waals surface area contributed by atoms with E-state index in [0.29, 0.717) is 6.42 Å². The molecule has 2 atom stereocenters. The van der Waals surface area contributed by atoms with E-state index in [4.69, 9.17) is 0 Å². The number of nitrogens with one attached hydrogen (secondary N) is 1. The van der Waals surface area contributed by atoms with Crippen molar-refractivity contribution in [3.8, 4) is 0 Å². The van der Waals surface area contributed by atoms with Crippen molar-refractivity contribution in [1.82, 2.24) is 5.32 Å². The van der Waals surface area contributed by atoms with E-state index in [2.05, 4.69) is 5.32 Å². The third-order valence-corrected chi connectivity index (χ3v) is 3.64. The molecule has 0 heterocycles. The second-order valence-corrected chi connectivity index (χ2v) is 5.77. The summed E-state index contributed by atoms with van der Waals surface area (Å²) in [6.45, 7) is 7.80. The van der Waals surface area contributed by atoms with Gasteiger partial charge in [0, 0.05) is 11.5 Å². The molecule has 0 aromatic heterocycles. The smallest absolute Gasteiger partial charge is 0.225 e. The van der Waals surface area contributed by atoms with Gasteiger partial charge in [-0.15, -0.1) is 0 Å². The second kappa shape index (κ2) is 6.71. The van der Waals surface area contributed by atoms with Gasteiger partial charge in [-0.3, -0.25) is 4.79 Å². The lowest BCUT2D eigenvalue weighted by atomic mass is 9.88. The lowest BCUT2D eigenvalue weighted by Crippen LogP contribution is -2.42. The van der Waals surface area contributed by atoms with Crippen molar-refractivity contribution >= 4 is 5.91 Å². The molecule has 1 aromatic rings. The van der Waals surface area contributed by atoms with Gasteiger partial charge in [-0.2, -0.15) is 0 Å². The number of carbonyl (C=O) groups is 1. The highest BCUT2D eigenvalue weighted by atomic mass is 16.3. The van der Waals surface area contributed by atoms with Crippen LogP contribution in [0.2, 0.25) is 0 Å². The number of amides is 1. The summed E-state index contributed by atoms with van der Waals surface area (Å²) in [5.74, 6) is 0.0442. The summed E-state index contributed by atoms with van der Waals surface area (Å²) in [4.78, 5) is 12.0. The largest absolute Gasteiger partial charge is 0.388 e. The molecule has 1 amide bonds. The fourth-order valence-corrected chi connectivity index (χ4v) is 1.78. The van der Waals surface area contributed by atoms with Crippen LogP contribution < -0.4 is 5.32 Å². The van der Waals surface area contributed by atoms with E-state index in [1.165, 1.54) is 0 Å². The summed E-state index contributed by atoms with van der Waals surface area (Å²) in [5.41, 5.74) is 0.532. The van der Waals surface area contributed by atoms with Gasteiger partial charge in [0.2, 0.25) is 5.91 Å². The Kier molecular flexibility index (Phi) is 5.55. The SMILES string of the molecule is CCC(C)(C)C(=O)NC(C)CC(O)c1ccccc1. The highest BCUT2D eigenvalue weighted by molar-refractivity contribution is 5.81. The first-order chi connectivity index (χ1) is 8.86. The first-order valence-corrected chi connectivity index (χ1v) is 6.90. The van der Waals surface area contributed by atoms with E-state index < -0.39 is 6.10 Å². The molecule has 1 aromatic carbocycles. The minimum absolute atomic E-state index is 0.0442. The molecule has 3 heteroatoms. The Morgan fingerprint density at radius 2 is 1.89 bits per heavy atom. The van der Waals surface area contributed by atoms with Crippen LogP contribution >= 0.6 is 0 Å². The molecule has 0 bridgehead atoms. The van der Waals surface area contributed by atoms with Crippen LogP contribution in [0.1, 0.15) is 52.2 Å². The number of aliphatic hydroxyl groups excluding tert-OH is 1. The summed E-state index contributed by atoms with van der Waals surface area (Å²) in [6, 6.07) is 9.48. The molecule has 0 aliphatic carbocycles. The predicted molar refractivity (Wildman–Crippen MR) is 77.7 cm³/mol. The summed E-state index contributed by atoms with van der Waals surface area (Å²) < 4.78 is 0. The molecular formula is C16H25NO2. The first kappa shape index (κ1) is 15.7. The molecule has 0 aliphatic rings. The molecule has 1 rings (SSSR count). The first-order valence-electron chi connectivity index (χ1n) is 6.90. The van der Waals surface area contributed by atoms with Gasteiger partial charge in [0.05, 0.1) is 6.10 Å². The van der Waals surface area contributed by atoms with Crippen molar-refractivity contribution < 1.29 is 9.90 Å². The van der Waals surface area contributed by atoms with Gasteiger partial charge in [0.1, 0.15) is 0 Å². The van der Waals surface area contributed by atoms with Crippen molar-refractivity contribution in [3.63, 3.8) is 0 Å². The van der Waals surface area contributed by atoms with E-state index >= 15 is 0 Å². The van der Waals surface area contributed by atoms with Crippen LogP contribution in [-0.2, 0) is 4.79 Å². The number of aliphatic hydroxyl groups is 1. The van der Waals surface area contributed by atoms with Crippen LogP contribution in [0.25, 0.3) is 0 Å². The molecule has 106 valence electrons. The van der Waals surface area contributed by atoms with Gasteiger partial charge in [0.25, 0.3) is 0 Å². The minimum Gasteiger partial charge on any atom is -0.388 e. The van der Waals surface area contributed by atoms with E-state index in [1.54, 1.807) is 0 Å². The molecule has 0 radical (unpaired) electrons. The number of carbonyl (C=O) groups excluding carboxylic acids is 1. The van der Waals surface area contributed by atoms with Gasteiger partial charge in [-0.25, -0.2) is 0 Å². The van der Waals surface area contributed by atoms with Crippen LogP contribution in [0.3, 0.4) is 0 Å². The summed E-state index contributed by atoms with van der Waals surface area (Å²) in [5, 5.41) is 13.1. The zero-order valence-electron chi connectivity index (χ0n) is 12.3.